The third-order valence-electron chi connectivity index (χ3n) is 7.73. The lowest BCUT2D eigenvalue weighted by molar-refractivity contribution is -0.159. The fraction of sp³-hybridized carbons (Fsp3) is 0.355. The summed E-state index contributed by atoms with van der Waals surface area (Å²) >= 11 is 0. The van der Waals surface area contributed by atoms with Crippen LogP contribution in [0.4, 0.5) is 26.3 Å². The van der Waals surface area contributed by atoms with Crippen molar-refractivity contribution >= 4 is 11.9 Å². The second kappa shape index (κ2) is 13.2. The topological polar surface area (TPSA) is 87.1 Å². The normalized spacial score (nSPS) is 21.7. The van der Waals surface area contributed by atoms with Crippen LogP contribution in [0.25, 0.3) is 0 Å². The molecule has 0 unspecified atom stereocenters. The van der Waals surface area contributed by atoms with Gasteiger partial charge in [-0.2, -0.15) is 26.3 Å². The molecular formula is C31H29F6NO5. The number of hydrogen-bond acceptors (Lipinski definition) is 4. The van der Waals surface area contributed by atoms with Crippen molar-refractivity contribution in [3.8, 4) is 0 Å². The van der Waals surface area contributed by atoms with E-state index in [1.54, 1.807) is 0 Å². The van der Waals surface area contributed by atoms with Gasteiger partial charge in [-0.1, -0.05) is 60.7 Å². The Kier molecular flexibility index (Phi) is 9.81. The maximum absolute atomic E-state index is 13.4. The van der Waals surface area contributed by atoms with E-state index in [4.69, 9.17) is 24.5 Å². The number of carboxylic acids is 2. The zero-order valence-corrected chi connectivity index (χ0v) is 22.7. The number of carbonyl (C=O) groups is 2. The van der Waals surface area contributed by atoms with Crippen LogP contribution in [0.15, 0.2) is 78.9 Å². The van der Waals surface area contributed by atoms with Gasteiger partial charge >= 0.3 is 24.3 Å². The summed E-state index contributed by atoms with van der Waals surface area (Å²) in [4.78, 5) is 20.6. The van der Waals surface area contributed by atoms with Crippen LogP contribution >= 0.6 is 0 Å². The van der Waals surface area contributed by atoms with Gasteiger partial charge in [0.05, 0.1) is 23.8 Å². The number of halogens is 6. The van der Waals surface area contributed by atoms with Crippen LogP contribution in [0.2, 0.25) is 0 Å². The van der Waals surface area contributed by atoms with Gasteiger partial charge < -0.3 is 14.9 Å². The number of carboxylic acid groups (broad SMARTS) is 2. The van der Waals surface area contributed by atoms with Gasteiger partial charge in [0.2, 0.25) is 0 Å². The van der Waals surface area contributed by atoms with E-state index in [-0.39, 0.29) is 42.2 Å². The number of rotatable bonds is 6. The molecule has 12 heteroatoms. The smallest absolute Gasteiger partial charge is 0.416 e. The molecule has 0 amide bonds. The van der Waals surface area contributed by atoms with Crippen molar-refractivity contribution in [2.45, 2.75) is 49.9 Å². The summed E-state index contributed by atoms with van der Waals surface area (Å²) in [5.74, 6) is -3.52. The number of piperidine rings is 3. The van der Waals surface area contributed by atoms with E-state index >= 15 is 0 Å². The highest BCUT2D eigenvalue weighted by Gasteiger charge is 2.47. The molecule has 3 aromatic carbocycles. The molecule has 2 atom stereocenters. The maximum Gasteiger partial charge on any atom is 0.416 e. The Morgan fingerprint density at radius 3 is 1.60 bits per heavy atom. The van der Waals surface area contributed by atoms with Gasteiger partial charge in [0.1, 0.15) is 0 Å². The summed E-state index contributed by atoms with van der Waals surface area (Å²) in [5.41, 5.74) is -0.583. The van der Waals surface area contributed by atoms with Gasteiger partial charge in [0, 0.05) is 12.0 Å². The van der Waals surface area contributed by atoms with Crippen LogP contribution in [0.3, 0.4) is 0 Å². The van der Waals surface area contributed by atoms with E-state index in [2.05, 4.69) is 29.2 Å². The number of benzene rings is 3. The van der Waals surface area contributed by atoms with Crippen molar-refractivity contribution in [3.05, 3.63) is 107 Å². The molecule has 0 aliphatic carbocycles. The number of alkyl halides is 6. The lowest BCUT2D eigenvalue weighted by Crippen LogP contribution is -2.60. The number of nitrogens with zero attached hydrogens (tertiary/aromatic N) is 1. The largest absolute Gasteiger partial charge is 0.473 e. The first-order valence-electron chi connectivity index (χ1n) is 13.5. The Morgan fingerprint density at radius 2 is 1.21 bits per heavy atom. The maximum atomic E-state index is 13.4. The molecule has 3 fully saturated rings. The zero-order chi connectivity index (χ0) is 31.4. The molecule has 0 radical (unpaired) electrons. The SMILES string of the molecule is FC(F)(F)c1cc(CO[C@@H]2C3CCN(CC3)[C@@H]2C(c2ccccc2)c2ccccc2)cc(C(F)(F)F)c1.O=C(O)C(=O)O. The van der Waals surface area contributed by atoms with Crippen molar-refractivity contribution in [2.75, 3.05) is 13.1 Å². The molecule has 6 nitrogen and oxygen atoms in total. The predicted octanol–water partition coefficient (Wildman–Crippen LogP) is 6.69. The molecule has 0 saturated carbocycles. The van der Waals surface area contributed by atoms with E-state index in [1.165, 1.54) is 0 Å². The highest BCUT2D eigenvalue weighted by Crippen LogP contribution is 2.44. The van der Waals surface area contributed by atoms with Crippen molar-refractivity contribution in [1.29, 1.82) is 0 Å². The van der Waals surface area contributed by atoms with Crippen LogP contribution in [-0.2, 0) is 33.3 Å². The molecule has 3 aliphatic heterocycles. The third kappa shape index (κ3) is 7.94. The molecular weight excluding hydrogens is 580 g/mol. The molecule has 2 N–H and O–H groups in total. The zero-order valence-electron chi connectivity index (χ0n) is 22.7. The minimum absolute atomic E-state index is 0.0530. The Bertz CT molecular complexity index is 1310. The number of aliphatic carboxylic acids is 2. The molecule has 0 aromatic heterocycles. The Hall–Kier alpha value is -3.90. The molecule has 43 heavy (non-hydrogen) atoms. The number of ether oxygens (including phenoxy) is 1. The summed E-state index contributed by atoms with van der Waals surface area (Å²) in [7, 11) is 0. The summed E-state index contributed by atoms with van der Waals surface area (Å²) in [5, 5.41) is 14.8. The van der Waals surface area contributed by atoms with Gasteiger partial charge in [-0.15, -0.1) is 0 Å². The highest BCUT2D eigenvalue weighted by molar-refractivity contribution is 6.27. The lowest BCUT2D eigenvalue weighted by Gasteiger charge is -2.53. The molecule has 6 rings (SSSR count). The fourth-order valence-corrected chi connectivity index (χ4v) is 5.87. The molecule has 3 heterocycles. The van der Waals surface area contributed by atoms with Gasteiger partial charge in [0.15, 0.2) is 0 Å². The van der Waals surface area contributed by atoms with Crippen molar-refractivity contribution in [2.24, 2.45) is 5.92 Å². The highest BCUT2D eigenvalue weighted by atomic mass is 19.4. The Morgan fingerprint density at radius 1 is 0.767 bits per heavy atom. The lowest BCUT2D eigenvalue weighted by atomic mass is 9.72. The summed E-state index contributed by atoms with van der Waals surface area (Å²) in [6.07, 6.45) is -8.35. The van der Waals surface area contributed by atoms with Crippen molar-refractivity contribution in [3.63, 3.8) is 0 Å². The molecule has 2 bridgehead atoms. The molecule has 3 aromatic rings. The summed E-state index contributed by atoms with van der Waals surface area (Å²) < 4.78 is 86.6. The van der Waals surface area contributed by atoms with E-state index in [9.17, 15) is 26.3 Å². The first-order valence-corrected chi connectivity index (χ1v) is 13.5. The van der Waals surface area contributed by atoms with E-state index in [0.717, 1.165) is 49.2 Å². The monoisotopic (exact) mass is 609 g/mol. The second-order valence-electron chi connectivity index (χ2n) is 10.5. The molecule has 0 spiro atoms. The van der Waals surface area contributed by atoms with Gasteiger partial charge in [-0.05, 0) is 66.7 Å². The first kappa shape index (κ1) is 32.0. The fourth-order valence-electron chi connectivity index (χ4n) is 5.87. The quantitative estimate of drug-likeness (QED) is 0.239. The minimum atomic E-state index is -4.89. The van der Waals surface area contributed by atoms with Crippen molar-refractivity contribution < 1.29 is 50.9 Å². The molecule has 3 aliphatic rings. The van der Waals surface area contributed by atoms with Crippen LogP contribution in [-0.4, -0.2) is 52.3 Å². The Balaban J connectivity index is 0.000000641. The van der Waals surface area contributed by atoms with Crippen LogP contribution < -0.4 is 0 Å². The van der Waals surface area contributed by atoms with E-state index < -0.39 is 35.4 Å². The number of fused-ring (bicyclic) bond motifs is 3. The van der Waals surface area contributed by atoms with E-state index in [1.807, 2.05) is 36.4 Å². The van der Waals surface area contributed by atoms with Gasteiger partial charge in [-0.3, -0.25) is 4.90 Å². The van der Waals surface area contributed by atoms with Crippen LogP contribution in [0.1, 0.15) is 46.6 Å². The standard InChI is InChI=1S/C29H27F6NO.C2H2O4/c30-28(31,32)23-15-19(16-24(17-23)29(33,34)35)18-37-27-22-11-13-36(14-12-22)26(27)25(20-7-3-1-4-8-20)21-9-5-2-6-10-21;3-1(4)2(5)6/h1-10,15-17,22,25-27H,11-14,18H2;(H,3,4)(H,5,6)/t26-,27-;/m1./s1. The average Bonchev–Trinajstić information content (AvgIpc) is 2.97. The molecule has 3 saturated heterocycles. The van der Waals surface area contributed by atoms with Crippen LogP contribution in [0, 0.1) is 5.92 Å². The first-order chi connectivity index (χ1) is 20.3. The predicted molar refractivity (Wildman–Crippen MR) is 143 cm³/mol. The summed E-state index contributed by atoms with van der Waals surface area (Å²) in [6.45, 7) is 1.44. The summed E-state index contributed by atoms with van der Waals surface area (Å²) in [6, 6.07) is 21.6. The Labute approximate surface area is 243 Å². The average molecular weight is 610 g/mol. The van der Waals surface area contributed by atoms with Crippen molar-refractivity contribution in [1.82, 2.24) is 4.90 Å². The minimum Gasteiger partial charge on any atom is -0.473 e. The van der Waals surface area contributed by atoms with Gasteiger partial charge in [0.25, 0.3) is 0 Å². The number of hydrogen-bond donors (Lipinski definition) is 2. The third-order valence-corrected chi connectivity index (χ3v) is 7.73. The second-order valence-corrected chi connectivity index (χ2v) is 10.5. The van der Waals surface area contributed by atoms with Gasteiger partial charge in [-0.25, -0.2) is 9.59 Å². The van der Waals surface area contributed by atoms with E-state index in [0.29, 0.717) is 0 Å². The molecule has 230 valence electrons. The van der Waals surface area contributed by atoms with Crippen LogP contribution in [0.5, 0.6) is 0 Å².